The highest BCUT2D eigenvalue weighted by atomic mass is 35.5. The number of rotatable bonds is 4. The Balaban J connectivity index is 2.02. The summed E-state index contributed by atoms with van der Waals surface area (Å²) in [6, 6.07) is 4.80. The van der Waals surface area contributed by atoms with Crippen LogP contribution in [0.15, 0.2) is 18.2 Å². The van der Waals surface area contributed by atoms with Gasteiger partial charge in [-0.15, -0.1) is 0 Å². The van der Waals surface area contributed by atoms with E-state index >= 15 is 0 Å². The van der Waals surface area contributed by atoms with Gasteiger partial charge in [0.05, 0.1) is 23.2 Å². The summed E-state index contributed by atoms with van der Waals surface area (Å²) >= 11 is 5.72. The minimum absolute atomic E-state index is 0.00104. The van der Waals surface area contributed by atoms with E-state index in [1.165, 1.54) is 6.07 Å². The molecule has 0 amide bonds. The second-order valence-corrected chi connectivity index (χ2v) is 4.63. The summed E-state index contributed by atoms with van der Waals surface area (Å²) in [7, 11) is 0. The number of halogens is 1. The molecule has 0 aliphatic heterocycles. The molecule has 17 heavy (non-hydrogen) atoms. The van der Waals surface area contributed by atoms with Crippen molar-refractivity contribution >= 4 is 17.3 Å². The fourth-order valence-electron chi connectivity index (χ4n) is 1.78. The van der Waals surface area contributed by atoms with Crippen LogP contribution in [0.2, 0.25) is 5.02 Å². The summed E-state index contributed by atoms with van der Waals surface area (Å²) in [5, 5.41) is 11.2. The van der Waals surface area contributed by atoms with Crippen molar-refractivity contribution in [2.75, 3.05) is 0 Å². The Bertz CT molecular complexity index is 433. The molecule has 2 N–H and O–H groups in total. The minimum atomic E-state index is -0.447. The highest BCUT2D eigenvalue weighted by molar-refractivity contribution is 6.30. The molecule has 0 atom stereocenters. The van der Waals surface area contributed by atoms with Gasteiger partial charge in [-0.05, 0) is 25.0 Å². The second-order valence-electron chi connectivity index (χ2n) is 4.19. The van der Waals surface area contributed by atoms with Crippen LogP contribution in [0.4, 0.5) is 5.69 Å². The third-order valence-corrected chi connectivity index (χ3v) is 3.08. The molecule has 92 valence electrons. The lowest BCUT2D eigenvalue weighted by Gasteiger charge is -2.32. The summed E-state index contributed by atoms with van der Waals surface area (Å²) < 4.78 is 5.54. The molecule has 6 heteroatoms. The normalized spacial score (nSPS) is 23.2. The predicted molar refractivity (Wildman–Crippen MR) is 63.9 cm³/mol. The largest absolute Gasteiger partial charge is 0.373 e. The zero-order valence-electron chi connectivity index (χ0n) is 9.14. The molecule has 5 nitrogen and oxygen atoms in total. The first-order valence-electron chi connectivity index (χ1n) is 5.36. The molecule has 0 spiro atoms. The Morgan fingerprint density at radius 1 is 1.53 bits per heavy atom. The van der Waals surface area contributed by atoms with Gasteiger partial charge in [-0.3, -0.25) is 10.1 Å². The zero-order valence-corrected chi connectivity index (χ0v) is 9.89. The van der Waals surface area contributed by atoms with Crippen LogP contribution < -0.4 is 5.73 Å². The van der Waals surface area contributed by atoms with Crippen LogP contribution in [0.25, 0.3) is 0 Å². The summed E-state index contributed by atoms with van der Waals surface area (Å²) in [4.78, 5) is 10.4. The highest BCUT2D eigenvalue weighted by Gasteiger charge is 2.27. The molecular formula is C11H13ClN2O3. The van der Waals surface area contributed by atoms with Gasteiger partial charge in [0, 0.05) is 17.1 Å². The molecule has 0 unspecified atom stereocenters. The quantitative estimate of drug-likeness (QED) is 0.662. The monoisotopic (exact) mass is 256 g/mol. The van der Waals surface area contributed by atoms with E-state index in [0.717, 1.165) is 12.8 Å². The van der Waals surface area contributed by atoms with Gasteiger partial charge in [0.1, 0.15) is 0 Å². The molecule has 0 heterocycles. The molecule has 1 aromatic rings. The van der Waals surface area contributed by atoms with E-state index in [1.54, 1.807) is 12.1 Å². The Morgan fingerprint density at radius 3 is 2.82 bits per heavy atom. The second kappa shape index (κ2) is 5.00. The average Bonchev–Trinajstić information content (AvgIpc) is 2.24. The van der Waals surface area contributed by atoms with Gasteiger partial charge >= 0.3 is 0 Å². The third-order valence-electron chi connectivity index (χ3n) is 2.85. The summed E-state index contributed by atoms with van der Waals surface area (Å²) in [6.07, 6.45) is 1.77. The standard InChI is InChI=1S/C11H13ClN2O3/c12-8-2-1-7(11(3-8)14(15)16)6-17-10-4-9(13)5-10/h1-3,9-10H,4-6,13H2. The van der Waals surface area contributed by atoms with Crippen molar-refractivity contribution in [3.8, 4) is 0 Å². The van der Waals surface area contributed by atoms with Crippen LogP contribution in [0, 0.1) is 10.1 Å². The Kier molecular flexibility index (Phi) is 3.61. The third kappa shape index (κ3) is 2.94. The number of ether oxygens (including phenoxy) is 1. The van der Waals surface area contributed by atoms with Gasteiger partial charge in [-0.2, -0.15) is 0 Å². The number of nitrogens with zero attached hydrogens (tertiary/aromatic N) is 1. The van der Waals surface area contributed by atoms with Crippen molar-refractivity contribution in [2.45, 2.75) is 31.6 Å². The van der Waals surface area contributed by atoms with Crippen LogP contribution in [-0.2, 0) is 11.3 Å². The molecule has 1 aromatic carbocycles. The molecule has 2 rings (SSSR count). The lowest BCUT2D eigenvalue weighted by molar-refractivity contribution is -0.386. The summed E-state index contributed by atoms with van der Waals surface area (Å²) in [6.45, 7) is 0.227. The molecule has 0 bridgehead atoms. The SMILES string of the molecule is NC1CC(OCc2ccc(Cl)cc2[N+](=O)[O-])C1. The number of nitro benzene ring substituents is 1. The van der Waals surface area contributed by atoms with Crippen molar-refractivity contribution < 1.29 is 9.66 Å². The Morgan fingerprint density at radius 2 is 2.24 bits per heavy atom. The Labute approximate surface area is 104 Å². The maximum absolute atomic E-state index is 10.8. The fraction of sp³-hybridized carbons (Fsp3) is 0.455. The number of benzene rings is 1. The molecule has 1 fully saturated rings. The number of hydrogen-bond donors (Lipinski definition) is 1. The minimum Gasteiger partial charge on any atom is -0.373 e. The van der Waals surface area contributed by atoms with Crippen LogP contribution >= 0.6 is 11.6 Å². The first kappa shape index (κ1) is 12.3. The molecule has 1 aliphatic carbocycles. The highest BCUT2D eigenvalue weighted by Crippen LogP contribution is 2.27. The topological polar surface area (TPSA) is 78.4 Å². The number of nitro groups is 1. The van der Waals surface area contributed by atoms with E-state index in [0.29, 0.717) is 10.6 Å². The molecule has 0 radical (unpaired) electrons. The van der Waals surface area contributed by atoms with E-state index in [-0.39, 0.29) is 24.4 Å². The predicted octanol–water partition coefficient (Wildman–Crippen LogP) is 2.25. The lowest BCUT2D eigenvalue weighted by atomic mass is 9.90. The van der Waals surface area contributed by atoms with Gasteiger partial charge in [-0.25, -0.2) is 0 Å². The molecule has 0 saturated heterocycles. The molecule has 1 aliphatic rings. The smallest absolute Gasteiger partial charge is 0.276 e. The number of nitrogens with two attached hydrogens (primary N) is 1. The van der Waals surface area contributed by atoms with E-state index < -0.39 is 4.92 Å². The van der Waals surface area contributed by atoms with Crippen molar-refractivity contribution in [1.82, 2.24) is 0 Å². The van der Waals surface area contributed by atoms with Crippen LogP contribution in [0.3, 0.4) is 0 Å². The lowest BCUT2D eigenvalue weighted by Crippen LogP contribution is -2.41. The van der Waals surface area contributed by atoms with E-state index in [4.69, 9.17) is 22.1 Å². The van der Waals surface area contributed by atoms with Crippen molar-refractivity contribution in [1.29, 1.82) is 0 Å². The Hall–Kier alpha value is -1.17. The maximum Gasteiger partial charge on any atom is 0.276 e. The van der Waals surface area contributed by atoms with Gasteiger partial charge in [0.25, 0.3) is 5.69 Å². The van der Waals surface area contributed by atoms with Gasteiger partial charge in [0.15, 0.2) is 0 Å². The van der Waals surface area contributed by atoms with Gasteiger partial charge in [0.2, 0.25) is 0 Å². The van der Waals surface area contributed by atoms with Crippen LogP contribution in [0.5, 0.6) is 0 Å². The van der Waals surface area contributed by atoms with E-state index in [9.17, 15) is 10.1 Å². The van der Waals surface area contributed by atoms with Crippen LogP contribution in [-0.4, -0.2) is 17.1 Å². The van der Waals surface area contributed by atoms with Gasteiger partial charge < -0.3 is 10.5 Å². The van der Waals surface area contributed by atoms with Crippen molar-refractivity contribution in [3.63, 3.8) is 0 Å². The first-order chi connectivity index (χ1) is 8.06. The molecule has 0 aromatic heterocycles. The van der Waals surface area contributed by atoms with Crippen molar-refractivity contribution in [2.24, 2.45) is 5.73 Å². The first-order valence-corrected chi connectivity index (χ1v) is 5.74. The fourth-order valence-corrected chi connectivity index (χ4v) is 1.95. The van der Waals surface area contributed by atoms with Crippen molar-refractivity contribution in [3.05, 3.63) is 38.9 Å². The van der Waals surface area contributed by atoms with E-state index in [1.807, 2.05) is 0 Å². The van der Waals surface area contributed by atoms with Crippen LogP contribution in [0.1, 0.15) is 18.4 Å². The summed E-state index contributed by atoms with van der Waals surface area (Å²) in [5.74, 6) is 0. The van der Waals surface area contributed by atoms with Gasteiger partial charge in [-0.1, -0.05) is 11.6 Å². The molecule has 1 saturated carbocycles. The molecular weight excluding hydrogens is 244 g/mol. The number of hydrogen-bond acceptors (Lipinski definition) is 4. The zero-order chi connectivity index (χ0) is 12.4. The average molecular weight is 257 g/mol. The van der Waals surface area contributed by atoms with E-state index in [2.05, 4.69) is 0 Å². The summed E-state index contributed by atoms with van der Waals surface area (Å²) in [5.41, 5.74) is 6.17. The maximum atomic E-state index is 10.8.